The fraction of sp³-hybridized carbons (Fsp3) is 0.136. The van der Waals surface area contributed by atoms with Crippen LogP contribution in [0.1, 0.15) is 28.8 Å². The van der Waals surface area contributed by atoms with Crippen molar-refractivity contribution in [3.63, 3.8) is 0 Å². The van der Waals surface area contributed by atoms with Crippen LogP contribution in [0.5, 0.6) is 0 Å². The number of halogens is 1. The van der Waals surface area contributed by atoms with Crippen molar-refractivity contribution >= 4 is 5.96 Å². The van der Waals surface area contributed by atoms with E-state index >= 15 is 0 Å². The molecule has 0 spiro atoms. The van der Waals surface area contributed by atoms with Gasteiger partial charge in [-0.25, -0.2) is 9.38 Å². The summed E-state index contributed by atoms with van der Waals surface area (Å²) in [6, 6.07) is 27.4. The van der Waals surface area contributed by atoms with Crippen molar-refractivity contribution in [2.75, 3.05) is 0 Å². The summed E-state index contributed by atoms with van der Waals surface area (Å²) in [7, 11) is 0. The number of nitrogens with one attached hydrogen (secondary N) is 2. The molecule has 0 amide bonds. The topological polar surface area (TPSA) is 36.4 Å². The molecule has 0 aliphatic carbocycles. The monoisotopic (exact) mass is 345 g/mol. The van der Waals surface area contributed by atoms with Crippen LogP contribution in [0.3, 0.4) is 0 Å². The van der Waals surface area contributed by atoms with Crippen molar-refractivity contribution in [3.05, 3.63) is 107 Å². The Hall–Kier alpha value is -3.14. The molecule has 1 fully saturated rings. The first-order chi connectivity index (χ1) is 12.8. The SMILES string of the molecule is Fc1ccc(CN=C2NC(c3ccccc3)C(c3ccccc3)N2)cc1. The highest BCUT2D eigenvalue weighted by molar-refractivity contribution is 5.83. The van der Waals surface area contributed by atoms with Crippen LogP contribution in [0.25, 0.3) is 0 Å². The van der Waals surface area contributed by atoms with Gasteiger partial charge in [-0.15, -0.1) is 0 Å². The Morgan fingerprint density at radius 1 is 0.692 bits per heavy atom. The second kappa shape index (κ2) is 7.40. The van der Waals surface area contributed by atoms with Crippen LogP contribution >= 0.6 is 0 Å². The summed E-state index contributed by atoms with van der Waals surface area (Å²) in [5.74, 6) is 0.531. The molecule has 1 aliphatic rings. The minimum absolute atomic E-state index is 0.102. The highest BCUT2D eigenvalue weighted by atomic mass is 19.1. The van der Waals surface area contributed by atoms with E-state index in [2.05, 4.69) is 39.9 Å². The lowest BCUT2D eigenvalue weighted by Gasteiger charge is -2.19. The molecule has 0 radical (unpaired) electrons. The zero-order valence-corrected chi connectivity index (χ0v) is 14.3. The molecule has 4 rings (SSSR count). The summed E-state index contributed by atoms with van der Waals surface area (Å²) in [5.41, 5.74) is 3.39. The molecule has 3 aromatic rings. The van der Waals surface area contributed by atoms with E-state index in [1.807, 2.05) is 36.4 Å². The molecule has 0 saturated carbocycles. The lowest BCUT2D eigenvalue weighted by atomic mass is 9.95. The minimum atomic E-state index is -0.230. The van der Waals surface area contributed by atoms with E-state index in [1.165, 1.54) is 23.3 Å². The lowest BCUT2D eigenvalue weighted by Crippen LogP contribution is -2.25. The first-order valence-corrected chi connectivity index (χ1v) is 8.71. The molecule has 1 heterocycles. The molecular weight excluding hydrogens is 325 g/mol. The molecule has 0 aromatic heterocycles. The van der Waals surface area contributed by atoms with Gasteiger partial charge in [0, 0.05) is 0 Å². The van der Waals surface area contributed by atoms with Gasteiger partial charge in [-0.3, -0.25) is 0 Å². The fourth-order valence-electron chi connectivity index (χ4n) is 3.23. The highest BCUT2D eigenvalue weighted by Gasteiger charge is 2.32. The van der Waals surface area contributed by atoms with Crippen LogP contribution in [0.2, 0.25) is 0 Å². The van der Waals surface area contributed by atoms with Gasteiger partial charge in [-0.1, -0.05) is 72.8 Å². The number of hydrogen-bond acceptors (Lipinski definition) is 1. The summed E-state index contributed by atoms with van der Waals surface area (Å²) < 4.78 is 13.0. The number of guanidine groups is 1. The quantitative estimate of drug-likeness (QED) is 0.737. The lowest BCUT2D eigenvalue weighted by molar-refractivity contribution is 0.554. The Balaban J connectivity index is 1.58. The Morgan fingerprint density at radius 3 is 1.69 bits per heavy atom. The second-order valence-corrected chi connectivity index (χ2v) is 6.36. The maximum Gasteiger partial charge on any atom is 0.192 e. The standard InChI is InChI=1S/C22H20FN3/c23-19-13-11-16(12-14-19)15-24-22-25-20(17-7-3-1-4-8-17)21(26-22)18-9-5-2-6-10-18/h1-14,20-21H,15H2,(H2,24,25,26). The molecule has 1 saturated heterocycles. The third-order valence-corrected chi connectivity index (χ3v) is 4.57. The number of benzene rings is 3. The van der Waals surface area contributed by atoms with E-state index < -0.39 is 0 Å². The molecule has 1 aliphatic heterocycles. The second-order valence-electron chi connectivity index (χ2n) is 6.36. The summed E-state index contributed by atoms with van der Waals surface area (Å²) in [6.07, 6.45) is 0. The van der Waals surface area contributed by atoms with Crippen LogP contribution in [0.4, 0.5) is 4.39 Å². The van der Waals surface area contributed by atoms with Gasteiger partial charge in [0.15, 0.2) is 5.96 Å². The van der Waals surface area contributed by atoms with Gasteiger partial charge in [0.05, 0.1) is 18.6 Å². The minimum Gasteiger partial charge on any atom is -0.347 e. The smallest absolute Gasteiger partial charge is 0.192 e. The highest BCUT2D eigenvalue weighted by Crippen LogP contribution is 2.32. The molecule has 3 aromatic carbocycles. The van der Waals surface area contributed by atoms with E-state index in [0.29, 0.717) is 6.54 Å². The van der Waals surface area contributed by atoms with E-state index in [9.17, 15) is 4.39 Å². The maximum atomic E-state index is 13.0. The van der Waals surface area contributed by atoms with Crippen molar-refractivity contribution < 1.29 is 4.39 Å². The summed E-state index contributed by atoms with van der Waals surface area (Å²) in [5, 5.41) is 7.00. The normalized spacial score (nSPS) is 18.9. The van der Waals surface area contributed by atoms with Crippen molar-refractivity contribution in [1.29, 1.82) is 0 Å². The molecule has 2 atom stereocenters. The van der Waals surface area contributed by atoms with Crippen molar-refractivity contribution in [2.24, 2.45) is 4.99 Å². The van der Waals surface area contributed by atoms with Gasteiger partial charge in [-0.05, 0) is 28.8 Å². The first kappa shape index (κ1) is 16.3. The number of nitrogens with zero attached hydrogens (tertiary/aromatic N) is 1. The molecule has 2 unspecified atom stereocenters. The van der Waals surface area contributed by atoms with Gasteiger partial charge >= 0.3 is 0 Å². The van der Waals surface area contributed by atoms with Crippen molar-refractivity contribution in [2.45, 2.75) is 18.6 Å². The van der Waals surface area contributed by atoms with Crippen LogP contribution in [0.15, 0.2) is 89.9 Å². The third-order valence-electron chi connectivity index (χ3n) is 4.57. The molecule has 3 nitrogen and oxygen atoms in total. The molecule has 4 heteroatoms. The molecule has 26 heavy (non-hydrogen) atoms. The Labute approximate surface area is 152 Å². The van der Waals surface area contributed by atoms with Crippen LogP contribution in [-0.2, 0) is 6.54 Å². The predicted molar refractivity (Wildman–Crippen MR) is 102 cm³/mol. The molecule has 130 valence electrons. The molecular formula is C22H20FN3. The average Bonchev–Trinajstić information content (AvgIpc) is 3.13. The van der Waals surface area contributed by atoms with Crippen molar-refractivity contribution in [3.8, 4) is 0 Å². The zero-order chi connectivity index (χ0) is 17.8. The third kappa shape index (κ3) is 3.59. The first-order valence-electron chi connectivity index (χ1n) is 8.71. The largest absolute Gasteiger partial charge is 0.347 e. The van der Waals surface area contributed by atoms with E-state index in [1.54, 1.807) is 12.1 Å². The molecule has 2 N–H and O–H groups in total. The molecule has 0 bridgehead atoms. The van der Waals surface area contributed by atoms with Crippen LogP contribution < -0.4 is 10.6 Å². The van der Waals surface area contributed by atoms with Crippen molar-refractivity contribution in [1.82, 2.24) is 10.6 Å². The van der Waals surface area contributed by atoms with Gasteiger partial charge < -0.3 is 10.6 Å². The average molecular weight is 345 g/mol. The number of aliphatic imine (C=N–C) groups is 1. The number of rotatable bonds is 4. The van der Waals surface area contributed by atoms with Crippen LogP contribution in [-0.4, -0.2) is 5.96 Å². The van der Waals surface area contributed by atoms with E-state index in [4.69, 9.17) is 0 Å². The summed E-state index contributed by atoms with van der Waals surface area (Å²) in [6.45, 7) is 0.499. The van der Waals surface area contributed by atoms with E-state index in [-0.39, 0.29) is 17.9 Å². The maximum absolute atomic E-state index is 13.0. The number of hydrogen-bond donors (Lipinski definition) is 2. The van der Waals surface area contributed by atoms with Gasteiger partial charge in [0.1, 0.15) is 5.82 Å². The Bertz CT molecular complexity index is 827. The fourth-order valence-corrected chi connectivity index (χ4v) is 3.23. The Morgan fingerprint density at radius 2 is 1.19 bits per heavy atom. The predicted octanol–water partition coefficient (Wildman–Crippen LogP) is 4.36. The van der Waals surface area contributed by atoms with Gasteiger partial charge in [0.25, 0.3) is 0 Å². The van der Waals surface area contributed by atoms with Gasteiger partial charge in [0.2, 0.25) is 0 Å². The van der Waals surface area contributed by atoms with E-state index in [0.717, 1.165) is 11.5 Å². The Kier molecular flexibility index (Phi) is 4.65. The zero-order valence-electron chi connectivity index (χ0n) is 14.3. The summed E-state index contributed by atoms with van der Waals surface area (Å²) >= 11 is 0. The summed E-state index contributed by atoms with van der Waals surface area (Å²) in [4.78, 5) is 4.65. The van der Waals surface area contributed by atoms with Crippen LogP contribution in [0, 0.1) is 5.82 Å². The van der Waals surface area contributed by atoms with Gasteiger partial charge in [-0.2, -0.15) is 0 Å².